The van der Waals surface area contributed by atoms with Crippen LogP contribution < -0.4 is 5.32 Å². The molecule has 0 spiro atoms. The fraction of sp³-hybridized carbons (Fsp3) is 0.200. The highest BCUT2D eigenvalue weighted by molar-refractivity contribution is 9.10. The summed E-state index contributed by atoms with van der Waals surface area (Å²) in [5.41, 5.74) is 2.07. The number of benzene rings is 2. The van der Waals surface area contributed by atoms with Gasteiger partial charge in [-0.15, -0.1) is 11.3 Å². The average molecular weight is 494 g/mol. The second-order valence-corrected chi connectivity index (χ2v) is 10.4. The van der Waals surface area contributed by atoms with E-state index in [1.807, 2.05) is 29.6 Å². The minimum absolute atomic E-state index is 0.149. The Morgan fingerprint density at radius 2 is 1.86 bits per heavy atom. The minimum Gasteiger partial charge on any atom is -0.298 e. The monoisotopic (exact) mass is 493 g/mol. The van der Waals surface area contributed by atoms with Gasteiger partial charge in [-0.1, -0.05) is 28.1 Å². The summed E-state index contributed by atoms with van der Waals surface area (Å²) in [6, 6.07) is 13.5. The van der Waals surface area contributed by atoms with Crippen LogP contribution in [0.2, 0.25) is 0 Å². The second kappa shape index (κ2) is 8.74. The molecule has 1 heterocycles. The number of aromatic nitrogens is 1. The normalized spacial score (nSPS) is 11.8. The highest BCUT2D eigenvalue weighted by atomic mass is 79.9. The Morgan fingerprint density at radius 3 is 2.48 bits per heavy atom. The first-order valence-electron chi connectivity index (χ1n) is 8.79. The quantitative estimate of drug-likeness (QED) is 0.531. The number of anilines is 1. The van der Waals surface area contributed by atoms with Crippen molar-refractivity contribution < 1.29 is 13.2 Å². The number of nitrogens with one attached hydrogen (secondary N) is 1. The van der Waals surface area contributed by atoms with Gasteiger partial charge in [0.25, 0.3) is 5.91 Å². The van der Waals surface area contributed by atoms with Crippen molar-refractivity contribution >= 4 is 48.3 Å². The van der Waals surface area contributed by atoms with Crippen molar-refractivity contribution in [2.24, 2.45) is 0 Å². The molecule has 6 nitrogen and oxygen atoms in total. The zero-order valence-corrected chi connectivity index (χ0v) is 19.3. The van der Waals surface area contributed by atoms with Crippen LogP contribution in [-0.2, 0) is 10.0 Å². The molecule has 2 aromatic carbocycles. The van der Waals surface area contributed by atoms with Gasteiger partial charge in [-0.05, 0) is 50.2 Å². The molecule has 3 rings (SSSR count). The highest BCUT2D eigenvalue weighted by Crippen LogP contribution is 2.27. The fourth-order valence-corrected chi connectivity index (χ4v) is 4.98. The lowest BCUT2D eigenvalue weighted by molar-refractivity contribution is 0.102. The predicted octanol–water partition coefficient (Wildman–Crippen LogP) is 4.85. The van der Waals surface area contributed by atoms with Gasteiger partial charge in [-0.25, -0.2) is 13.4 Å². The lowest BCUT2D eigenvalue weighted by atomic mass is 10.2. The third-order valence-corrected chi connectivity index (χ3v) is 7.66. The molecule has 0 aliphatic heterocycles. The molecule has 0 fully saturated rings. The highest BCUT2D eigenvalue weighted by Gasteiger charge is 2.23. The summed E-state index contributed by atoms with van der Waals surface area (Å²) in [4.78, 5) is 17.1. The van der Waals surface area contributed by atoms with Crippen LogP contribution >= 0.6 is 27.3 Å². The van der Waals surface area contributed by atoms with Crippen molar-refractivity contribution in [3.8, 4) is 11.3 Å². The maximum absolute atomic E-state index is 12.5. The van der Waals surface area contributed by atoms with Crippen LogP contribution in [0.15, 0.2) is 63.3 Å². The second-order valence-electron chi connectivity index (χ2n) is 6.64. The topological polar surface area (TPSA) is 79.4 Å². The fourth-order valence-electron chi connectivity index (χ4n) is 2.50. The maximum atomic E-state index is 12.5. The molecule has 0 bridgehead atoms. The average Bonchev–Trinajstić information content (AvgIpc) is 3.16. The number of hydrogen-bond donors (Lipinski definition) is 1. The number of carbonyl (C=O) groups excluding carboxylic acids is 1. The number of halogens is 1. The Hall–Kier alpha value is -2.07. The summed E-state index contributed by atoms with van der Waals surface area (Å²) < 4.78 is 27.3. The van der Waals surface area contributed by atoms with E-state index in [0.717, 1.165) is 15.7 Å². The van der Waals surface area contributed by atoms with Crippen LogP contribution in [0, 0.1) is 0 Å². The maximum Gasteiger partial charge on any atom is 0.257 e. The molecule has 1 aromatic heterocycles. The molecule has 0 aliphatic carbocycles. The number of amides is 1. The van der Waals surface area contributed by atoms with Crippen LogP contribution in [0.4, 0.5) is 5.13 Å². The number of rotatable bonds is 6. The Bertz CT molecular complexity index is 1130. The Morgan fingerprint density at radius 1 is 1.17 bits per heavy atom. The summed E-state index contributed by atoms with van der Waals surface area (Å²) in [5, 5.41) is 5.10. The summed E-state index contributed by atoms with van der Waals surface area (Å²) in [6.45, 7) is 3.60. The van der Waals surface area contributed by atoms with Crippen molar-refractivity contribution in [3.63, 3.8) is 0 Å². The third-order valence-electron chi connectivity index (χ3n) is 4.37. The van der Waals surface area contributed by atoms with Crippen molar-refractivity contribution in [1.29, 1.82) is 0 Å². The van der Waals surface area contributed by atoms with Gasteiger partial charge in [0.15, 0.2) is 5.13 Å². The molecule has 0 aliphatic rings. The predicted molar refractivity (Wildman–Crippen MR) is 120 cm³/mol. The third kappa shape index (κ3) is 4.92. The van der Waals surface area contributed by atoms with Gasteiger partial charge in [-0.2, -0.15) is 4.31 Å². The summed E-state index contributed by atoms with van der Waals surface area (Å²) in [5.74, 6) is -0.346. The summed E-state index contributed by atoms with van der Waals surface area (Å²) in [7, 11) is -2.05. The molecule has 3 aromatic rings. The number of sulfonamides is 1. The first kappa shape index (κ1) is 21.6. The van der Waals surface area contributed by atoms with E-state index in [2.05, 4.69) is 26.2 Å². The van der Waals surface area contributed by atoms with Crippen LogP contribution in [-0.4, -0.2) is 36.7 Å². The molecule has 0 atom stereocenters. The molecule has 1 N–H and O–H groups in total. The lowest BCUT2D eigenvalue weighted by Gasteiger charge is -2.20. The molecule has 0 saturated heterocycles. The van der Waals surface area contributed by atoms with Gasteiger partial charge in [0.1, 0.15) is 0 Å². The van der Waals surface area contributed by atoms with Crippen molar-refractivity contribution in [3.05, 3.63) is 63.9 Å². The van der Waals surface area contributed by atoms with Crippen LogP contribution in [0.5, 0.6) is 0 Å². The SMILES string of the molecule is CC(C)N(C)S(=O)(=O)c1ccc(C(=O)Nc2nc(-c3cccc(Br)c3)cs2)cc1. The van der Waals surface area contributed by atoms with E-state index in [1.165, 1.54) is 47.0 Å². The van der Waals surface area contributed by atoms with Gasteiger partial charge >= 0.3 is 0 Å². The molecule has 152 valence electrons. The van der Waals surface area contributed by atoms with E-state index in [4.69, 9.17) is 0 Å². The van der Waals surface area contributed by atoms with Gasteiger partial charge < -0.3 is 0 Å². The smallest absolute Gasteiger partial charge is 0.257 e. The van der Waals surface area contributed by atoms with E-state index in [1.54, 1.807) is 13.8 Å². The van der Waals surface area contributed by atoms with E-state index >= 15 is 0 Å². The van der Waals surface area contributed by atoms with Crippen LogP contribution in [0.3, 0.4) is 0 Å². The molecule has 0 unspecified atom stereocenters. The van der Waals surface area contributed by atoms with E-state index < -0.39 is 10.0 Å². The van der Waals surface area contributed by atoms with Crippen LogP contribution in [0.25, 0.3) is 11.3 Å². The number of thiazole rings is 1. The Labute approximate surface area is 182 Å². The summed E-state index contributed by atoms with van der Waals surface area (Å²) >= 11 is 4.76. The zero-order chi connectivity index (χ0) is 21.2. The van der Waals surface area contributed by atoms with Gasteiger partial charge in [0.2, 0.25) is 10.0 Å². The molecule has 0 saturated carbocycles. The number of nitrogens with zero attached hydrogens (tertiary/aromatic N) is 2. The summed E-state index contributed by atoms with van der Waals surface area (Å²) in [6.07, 6.45) is 0. The zero-order valence-electron chi connectivity index (χ0n) is 16.1. The van der Waals surface area contributed by atoms with E-state index in [9.17, 15) is 13.2 Å². The van der Waals surface area contributed by atoms with Crippen molar-refractivity contribution in [2.45, 2.75) is 24.8 Å². The minimum atomic E-state index is -3.58. The number of carbonyl (C=O) groups is 1. The van der Waals surface area contributed by atoms with E-state index in [0.29, 0.717) is 10.7 Å². The van der Waals surface area contributed by atoms with Crippen molar-refractivity contribution in [2.75, 3.05) is 12.4 Å². The lowest BCUT2D eigenvalue weighted by Crippen LogP contribution is -2.33. The Kier molecular flexibility index (Phi) is 6.52. The van der Waals surface area contributed by atoms with Gasteiger partial charge in [0.05, 0.1) is 10.6 Å². The first-order valence-corrected chi connectivity index (χ1v) is 11.9. The number of hydrogen-bond acceptors (Lipinski definition) is 5. The van der Waals surface area contributed by atoms with Crippen LogP contribution in [0.1, 0.15) is 24.2 Å². The molecule has 1 amide bonds. The first-order chi connectivity index (χ1) is 13.7. The molecular weight excluding hydrogens is 474 g/mol. The van der Waals surface area contributed by atoms with Gasteiger partial charge in [0, 0.05) is 34.1 Å². The largest absolute Gasteiger partial charge is 0.298 e. The Balaban J connectivity index is 1.74. The molecule has 9 heteroatoms. The molecule has 29 heavy (non-hydrogen) atoms. The van der Waals surface area contributed by atoms with Gasteiger partial charge in [-0.3, -0.25) is 10.1 Å². The van der Waals surface area contributed by atoms with E-state index in [-0.39, 0.29) is 16.8 Å². The molecule has 0 radical (unpaired) electrons. The standard InChI is InChI=1S/C20H20BrN3O3S2/c1-13(2)24(3)29(26,27)17-9-7-14(8-10-17)19(25)23-20-22-18(12-28-20)15-5-4-6-16(21)11-15/h4-13H,1-3H3,(H,22,23,25). The molecular formula is C20H20BrN3O3S2. The van der Waals surface area contributed by atoms with Crippen molar-refractivity contribution in [1.82, 2.24) is 9.29 Å².